The fraction of sp³-hybridized carbons (Fsp3) is 0.0476. The molecule has 0 fully saturated rings. The van der Waals surface area contributed by atoms with E-state index in [0.29, 0.717) is 11.1 Å². The first-order chi connectivity index (χ1) is 12.4. The van der Waals surface area contributed by atoms with Gasteiger partial charge in [-0.3, -0.25) is 4.55 Å². The molecule has 3 aromatic carbocycles. The van der Waals surface area contributed by atoms with Gasteiger partial charge in [-0.1, -0.05) is 78.4 Å². The number of anilines is 1. The number of nitrogen functional groups attached to an aromatic ring is 1. The van der Waals surface area contributed by atoms with Crippen LogP contribution in [0.4, 0.5) is 5.69 Å². The highest BCUT2D eigenvalue weighted by Gasteiger charge is 2.15. The summed E-state index contributed by atoms with van der Waals surface area (Å²) in [5.74, 6) is 0. The van der Waals surface area contributed by atoms with E-state index in [0.717, 1.165) is 5.69 Å². The summed E-state index contributed by atoms with van der Waals surface area (Å²) in [6.45, 7) is 2.04. The number of nitrogens with two attached hydrogens (primary N) is 1. The van der Waals surface area contributed by atoms with Crippen LogP contribution in [0.3, 0.4) is 0 Å². The summed E-state index contributed by atoms with van der Waals surface area (Å²) in [4.78, 5) is -0.102. The first kappa shape index (κ1) is 19.4. The predicted octanol–water partition coefficient (Wildman–Crippen LogP) is 4.65. The van der Waals surface area contributed by atoms with E-state index in [1.807, 2.05) is 37.3 Å². The van der Waals surface area contributed by atoms with Crippen LogP contribution in [0.1, 0.15) is 16.7 Å². The molecule has 134 valence electrons. The Kier molecular flexibility index (Phi) is 6.72. The Morgan fingerprint density at radius 3 is 1.81 bits per heavy atom. The highest BCUT2D eigenvalue weighted by molar-refractivity contribution is 7.95. The summed E-state index contributed by atoms with van der Waals surface area (Å²) in [7, 11) is -4.26. The van der Waals surface area contributed by atoms with Gasteiger partial charge in [0.15, 0.2) is 0 Å². The number of hydrogen-bond acceptors (Lipinski definition) is 3. The normalized spacial score (nSPS) is 11.4. The van der Waals surface area contributed by atoms with Gasteiger partial charge in [-0.15, -0.1) is 0 Å². The molecular weight excluding hydrogens is 346 g/mol. The molecule has 0 heterocycles. The van der Waals surface area contributed by atoms with E-state index in [2.05, 4.69) is 0 Å². The SMILES string of the molecule is Cc1ccc(N)cc1.O=S(=O)(O)/C(=C\c1ccccc1)c1ccccc1. The Bertz CT molecular complexity index is 928. The van der Waals surface area contributed by atoms with Gasteiger partial charge in [-0.05, 0) is 36.3 Å². The second kappa shape index (κ2) is 8.99. The molecular formula is C21H21NO3S. The van der Waals surface area contributed by atoms with Crippen LogP contribution in [0.15, 0.2) is 84.9 Å². The van der Waals surface area contributed by atoms with Crippen LogP contribution < -0.4 is 5.73 Å². The largest absolute Gasteiger partial charge is 0.399 e. The second-order valence-electron chi connectivity index (χ2n) is 5.67. The van der Waals surface area contributed by atoms with Crippen molar-refractivity contribution in [1.29, 1.82) is 0 Å². The number of aryl methyl sites for hydroxylation is 1. The minimum absolute atomic E-state index is 0.102. The Balaban J connectivity index is 0.000000254. The lowest BCUT2D eigenvalue weighted by atomic mass is 10.1. The van der Waals surface area contributed by atoms with Gasteiger partial charge in [0.25, 0.3) is 10.1 Å². The average molecular weight is 367 g/mol. The van der Waals surface area contributed by atoms with Crippen LogP contribution in [0.2, 0.25) is 0 Å². The van der Waals surface area contributed by atoms with Crippen molar-refractivity contribution in [3.05, 3.63) is 102 Å². The zero-order valence-corrected chi connectivity index (χ0v) is 15.2. The van der Waals surface area contributed by atoms with Crippen LogP contribution in [0, 0.1) is 6.92 Å². The molecule has 3 N–H and O–H groups in total. The molecule has 0 radical (unpaired) electrons. The number of benzene rings is 3. The van der Waals surface area contributed by atoms with E-state index in [9.17, 15) is 13.0 Å². The van der Waals surface area contributed by atoms with Crippen LogP contribution in [0.25, 0.3) is 11.0 Å². The maximum absolute atomic E-state index is 11.4. The third kappa shape index (κ3) is 6.20. The first-order valence-corrected chi connectivity index (χ1v) is 9.42. The van der Waals surface area contributed by atoms with Crippen LogP contribution in [-0.4, -0.2) is 13.0 Å². The predicted molar refractivity (Wildman–Crippen MR) is 108 cm³/mol. The van der Waals surface area contributed by atoms with Gasteiger partial charge in [-0.25, -0.2) is 0 Å². The zero-order valence-electron chi connectivity index (χ0n) is 14.4. The lowest BCUT2D eigenvalue weighted by Crippen LogP contribution is -2.00. The molecule has 0 aliphatic carbocycles. The minimum Gasteiger partial charge on any atom is -0.399 e. The third-order valence-electron chi connectivity index (χ3n) is 3.51. The van der Waals surface area contributed by atoms with E-state index >= 15 is 0 Å². The van der Waals surface area contributed by atoms with Crippen LogP contribution >= 0.6 is 0 Å². The topological polar surface area (TPSA) is 80.4 Å². The molecule has 0 saturated carbocycles. The molecule has 0 bridgehead atoms. The fourth-order valence-corrected chi connectivity index (χ4v) is 2.90. The van der Waals surface area contributed by atoms with Gasteiger partial charge in [0.2, 0.25) is 0 Å². The maximum atomic E-state index is 11.4. The van der Waals surface area contributed by atoms with Crippen molar-refractivity contribution in [1.82, 2.24) is 0 Å². The molecule has 0 aliphatic rings. The number of hydrogen-bond donors (Lipinski definition) is 2. The van der Waals surface area contributed by atoms with Crippen molar-refractivity contribution >= 4 is 26.8 Å². The monoisotopic (exact) mass is 367 g/mol. The number of rotatable bonds is 3. The standard InChI is InChI=1S/C14H12O3S.C7H9N/c15-18(16,17)14(13-9-5-2-6-10-13)11-12-7-3-1-4-8-12;1-6-2-4-7(8)5-3-6/h1-11H,(H,15,16,17);2-5H,8H2,1H3/b14-11-;. The van der Waals surface area contributed by atoms with E-state index in [-0.39, 0.29) is 4.91 Å². The van der Waals surface area contributed by atoms with Crippen molar-refractivity contribution in [2.24, 2.45) is 0 Å². The van der Waals surface area contributed by atoms with Crippen LogP contribution in [0.5, 0.6) is 0 Å². The zero-order chi connectivity index (χ0) is 19.0. The van der Waals surface area contributed by atoms with E-state index in [1.165, 1.54) is 11.6 Å². The Labute approximate surface area is 154 Å². The summed E-state index contributed by atoms with van der Waals surface area (Å²) in [6, 6.07) is 25.3. The summed E-state index contributed by atoms with van der Waals surface area (Å²) in [5, 5.41) is 0. The molecule has 5 heteroatoms. The first-order valence-electron chi connectivity index (χ1n) is 7.98. The Hall–Kier alpha value is -2.89. The van der Waals surface area contributed by atoms with Crippen molar-refractivity contribution in [2.45, 2.75) is 6.92 Å². The highest BCUT2D eigenvalue weighted by Crippen LogP contribution is 2.22. The smallest absolute Gasteiger partial charge is 0.295 e. The second-order valence-corrected chi connectivity index (χ2v) is 7.06. The van der Waals surface area contributed by atoms with Gasteiger partial charge in [0, 0.05) is 5.69 Å². The summed E-state index contributed by atoms with van der Waals surface area (Å²) in [6.07, 6.45) is 1.45. The average Bonchev–Trinajstić information content (AvgIpc) is 2.63. The van der Waals surface area contributed by atoms with E-state index < -0.39 is 10.1 Å². The lowest BCUT2D eigenvalue weighted by Gasteiger charge is -2.04. The molecule has 3 aromatic rings. The molecule has 0 aliphatic heterocycles. The fourth-order valence-electron chi connectivity index (χ4n) is 2.18. The molecule has 0 saturated heterocycles. The maximum Gasteiger partial charge on any atom is 0.295 e. The third-order valence-corrected chi connectivity index (χ3v) is 4.42. The molecule has 0 amide bonds. The van der Waals surface area contributed by atoms with Crippen molar-refractivity contribution in [3.63, 3.8) is 0 Å². The van der Waals surface area contributed by atoms with Crippen molar-refractivity contribution in [3.8, 4) is 0 Å². The molecule has 26 heavy (non-hydrogen) atoms. The van der Waals surface area contributed by atoms with E-state index in [4.69, 9.17) is 5.73 Å². The van der Waals surface area contributed by atoms with Gasteiger partial charge in [0.05, 0.1) is 0 Å². The quantitative estimate of drug-likeness (QED) is 0.401. The Morgan fingerprint density at radius 1 is 0.846 bits per heavy atom. The molecule has 3 rings (SSSR count). The van der Waals surface area contributed by atoms with Crippen LogP contribution in [-0.2, 0) is 10.1 Å². The minimum atomic E-state index is -4.26. The molecule has 4 nitrogen and oxygen atoms in total. The van der Waals surface area contributed by atoms with E-state index in [1.54, 1.807) is 54.6 Å². The van der Waals surface area contributed by atoms with Crippen molar-refractivity contribution in [2.75, 3.05) is 5.73 Å². The Morgan fingerprint density at radius 2 is 1.35 bits per heavy atom. The molecule has 0 aromatic heterocycles. The summed E-state index contributed by atoms with van der Waals surface area (Å²) < 4.78 is 32.1. The summed E-state index contributed by atoms with van der Waals surface area (Å²) >= 11 is 0. The van der Waals surface area contributed by atoms with Gasteiger partial charge < -0.3 is 5.73 Å². The molecule has 0 atom stereocenters. The lowest BCUT2D eigenvalue weighted by molar-refractivity contribution is 0.496. The molecule has 0 spiro atoms. The van der Waals surface area contributed by atoms with Gasteiger partial charge in [-0.2, -0.15) is 8.42 Å². The molecule has 0 unspecified atom stereocenters. The summed E-state index contributed by atoms with van der Waals surface area (Å²) in [5.41, 5.74) is 8.68. The van der Waals surface area contributed by atoms with Crippen molar-refractivity contribution < 1.29 is 13.0 Å². The van der Waals surface area contributed by atoms with Gasteiger partial charge >= 0.3 is 0 Å². The van der Waals surface area contributed by atoms with Gasteiger partial charge in [0.1, 0.15) is 4.91 Å². The highest BCUT2D eigenvalue weighted by atomic mass is 32.2.